The summed E-state index contributed by atoms with van der Waals surface area (Å²) in [5.41, 5.74) is 12.4. The third-order valence-corrected chi connectivity index (χ3v) is 3.03. The van der Waals surface area contributed by atoms with E-state index in [9.17, 15) is 0 Å². The number of nitrogens with zero attached hydrogens (tertiary/aromatic N) is 1. The van der Waals surface area contributed by atoms with Gasteiger partial charge < -0.3 is 5.11 Å². The Kier molecular flexibility index (Phi) is 3.14. The molecule has 0 unspecified atom stereocenters. The van der Waals surface area contributed by atoms with Gasteiger partial charge in [0.25, 0.3) is 0 Å². The molecule has 2 aromatic rings. The van der Waals surface area contributed by atoms with Crippen LogP contribution in [0.2, 0.25) is 0 Å². The van der Waals surface area contributed by atoms with Crippen molar-refractivity contribution in [2.24, 2.45) is 5.10 Å². The maximum Gasteiger partial charge on any atom is 0.170 e. The van der Waals surface area contributed by atoms with Gasteiger partial charge in [-0.15, -0.1) is 10.6 Å². The number of aliphatic hydroxyl groups is 1. The number of benzene rings is 2. The van der Waals surface area contributed by atoms with Crippen LogP contribution in [-0.2, 0) is 6.61 Å². The van der Waals surface area contributed by atoms with E-state index in [0.29, 0.717) is 0 Å². The standard InChI is InChI=1S/C14H14N4O/c19-9-10-1-3-11(4-2-10)12-5-7-13(8-6-12)14-15-17-18-16-14/h1-8,17-19H,9H2,(H,15,16). The van der Waals surface area contributed by atoms with Gasteiger partial charge in [0.15, 0.2) is 5.84 Å². The van der Waals surface area contributed by atoms with Crippen LogP contribution in [-0.4, -0.2) is 10.9 Å². The predicted octanol–water partition coefficient (Wildman–Crippen LogP) is 1.12. The fourth-order valence-electron chi connectivity index (χ4n) is 1.96. The Morgan fingerprint density at radius 2 is 1.42 bits per heavy atom. The van der Waals surface area contributed by atoms with Crippen LogP contribution in [0.4, 0.5) is 0 Å². The zero-order valence-electron chi connectivity index (χ0n) is 10.2. The van der Waals surface area contributed by atoms with E-state index >= 15 is 0 Å². The fourth-order valence-corrected chi connectivity index (χ4v) is 1.96. The zero-order chi connectivity index (χ0) is 13.1. The van der Waals surface area contributed by atoms with E-state index in [1.54, 1.807) is 0 Å². The van der Waals surface area contributed by atoms with Gasteiger partial charge >= 0.3 is 0 Å². The summed E-state index contributed by atoms with van der Waals surface area (Å²) in [5, 5.41) is 13.1. The van der Waals surface area contributed by atoms with Gasteiger partial charge in [0.1, 0.15) is 0 Å². The average molecular weight is 254 g/mol. The van der Waals surface area contributed by atoms with E-state index in [1.807, 2.05) is 48.5 Å². The van der Waals surface area contributed by atoms with Gasteiger partial charge in [0.05, 0.1) is 6.61 Å². The number of hydrazone groups is 1. The highest BCUT2D eigenvalue weighted by atomic mass is 16.3. The largest absolute Gasteiger partial charge is 0.392 e. The van der Waals surface area contributed by atoms with Crippen LogP contribution in [0, 0.1) is 0 Å². The summed E-state index contributed by atoms with van der Waals surface area (Å²) in [6.07, 6.45) is 0. The minimum absolute atomic E-state index is 0.0741. The molecule has 5 heteroatoms. The molecule has 1 aliphatic rings. The molecule has 0 saturated carbocycles. The van der Waals surface area contributed by atoms with E-state index in [-0.39, 0.29) is 6.61 Å². The predicted molar refractivity (Wildman–Crippen MR) is 73.7 cm³/mol. The second-order valence-electron chi connectivity index (χ2n) is 4.25. The van der Waals surface area contributed by atoms with Gasteiger partial charge in [0.2, 0.25) is 0 Å². The Morgan fingerprint density at radius 1 is 0.842 bits per heavy atom. The van der Waals surface area contributed by atoms with E-state index < -0.39 is 0 Å². The minimum Gasteiger partial charge on any atom is -0.392 e. The van der Waals surface area contributed by atoms with Crippen LogP contribution in [0.1, 0.15) is 11.1 Å². The molecule has 96 valence electrons. The summed E-state index contributed by atoms with van der Waals surface area (Å²) >= 11 is 0. The maximum absolute atomic E-state index is 9.02. The lowest BCUT2D eigenvalue weighted by Gasteiger charge is -2.05. The Balaban J connectivity index is 1.85. The van der Waals surface area contributed by atoms with Gasteiger partial charge in [-0.1, -0.05) is 48.5 Å². The van der Waals surface area contributed by atoms with Gasteiger partial charge in [-0.2, -0.15) is 0 Å². The second kappa shape index (κ2) is 5.09. The van der Waals surface area contributed by atoms with Crippen molar-refractivity contribution in [1.82, 2.24) is 16.5 Å². The lowest BCUT2D eigenvalue weighted by Crippen LogP contribution is -2.35. The quantitative estimate of drug-likeness (QED) is 0.662. The average Bonchev–Trinajstić information content (AvgIpc) is 3.02. The first-order valence-corrected chi connectivity index (χ1v) is 6.01. The van der Waals surface area contributed by atoms with Crippen molar-refractivity contribution in [3.8, 4) is 11.1 Å². The van der Waals surface area contributed by atoms with Crippen molar-refractivity contribution in [2.75, 3.05) is 0 Å². The topological polar surface area (TPSA) is 68.7 Å². The number of hydrazine groups is 2. The molecule has 0 aliphatic carbocycles. The highest BCUT2D eigenvalue weighted by Gasteiger charge is 2.07. The molecule has 0 amide bonds. The van der Waals surface area contributed by atoms with E-state index in [2.05, 4.69) is 21.6 Å². The summed E-state index contributed by atoms with van der Waals surface area (Å²) in [6.45, 7) is 0.0741. The molecule has 0 atom stereocenters. The summed E-state index contributed by atoms with van der Waals surface area (Å²) in [7, 11) is 0. The van der Waals surface area contributed by atoms with Crippen LogP contribution in [0.3, 0.4) is 0 Å². The lowest BCUT2D eigenvalue weighted by atomic mass is 10.0. The van der Waals surface area contributed by atoms with Crippen molar-refractivity contribution >= 4 is 5.84 Å². The third-order valence-electron chi connectivity index (χ3n) is 3.03. The summed E-state index contributed by atoms with van der Waals surface area (Å²) in [4.78, 5) is 0. The monoisotopic (exact) mass is 254 g/mol. The number of aliphatic hydroxyl groups excluding tert-OH is 1. The molecule has 19 heavy (non-hydrogen) atoms. The lowest BCUT2D eigenvalue weighted by molar-refractivity contribution is 0.282. The summed E-state index contributed by atoms with van der Waals surface area (Å²) < 4.78 is 0. The highest BCUT2D eigenvalue weighted by molar-refractivity contribution is 5.99. The van der Waals surface area contributed by atoms with Crippen LogP contribution in [0.5, 0.6) is 0 Å². The number of nitrogens with one attached hydrogen (secondary N) is 3. The first-order valence-electron chi connectivity index (χ1n) is 6.01. The van der Waals surface area contributed by atoms with Gasteiger partial charge in [-0.3, -0.25) is 5.43 Å². The Labute approximate surface area is 110 Å². The molecule has 0 bridgehead atoms. The summed E-state index contributed by atoms with van der Waals surface area (Å²) in [5.74, 6) is 0.766. The molecule has 5 nitrogen and oxygen atoms in total. The molecule has 0 radical (unpaired) electrons. The Bertz CT molecular complexity index is 590. The first-order chi connectivity index (χ1) is 9.36. The molecule has 3 rings (SSSR count). The fraction of sp³-hybridized carbons (Fsp3) is 0.0714. The first kappa shape index (κ1) is 11.7. The number of amidine groups is 1. The van der Waals surface area contributed by atoms with Crippen molar-refractivity contribution in [3.05, 3.63) is 59.7 Å². The van der Waals surface area contributed by atoms with Crippen LogP contribution in [0.15, 0.2) is 53.6 Å². The summed E-state index contributed by atoms with van der Waals surface area (Å²) in [6, 6.07) is 16.0. The molecule has 0 spiro atoms. The number of hydrogen-bond donors (Lipinski definition) is 4. The molecule has 0 aromatic heterocycles. The highest BCUT2D eigenvalue weighted by Crippen LogP contribution is 2.20. The van der Waals surface area contributed by atoms with E-state index in [4.69, 9.17) is 5.11 Å². The molecule has 4 N–H and O–H groups in total. The van der Waals surface area contributed by atoms with Crippen LogP contribution >= 0.6 is 0 Å². The molecular formula is C14H14N4O. The number of hydrogen-bond acceptors (Lipinski definition) is 5. The maximum atomic E-state index is 9.02. The van der Waals surface area contributed by atoms with E-state index in [1.165, 1.54) is 0 Å². The minimum atomic E-state index is 0.0741. The van der Waals surface area contributed by atoms with Crippen molar-refractivity contribution < 1.29 is 5.11 Å². The molecule has 1 aliphatic heterocycles. The normalized spacial score (nSPS) is 13.6. The molecule has 2 aromatic carbocycles. The number of rotatable bonds is 3. The van der Waals surface area contributed by atoms with E-state index in [0.717, 1.165) is 28.1 Å². The van der Waals surface area contributed by atoms with Crippen LogP contribution in [0.25, 0.3) is 11.1 Å². The molecule has 0 fully saturated rings. The molecular weight excluding hydrogens is 240 g/mol. The zero-order valence-corrected chi connectivity index (χ0v) is 10.2. The second-order valence-corrected chi connectivity index (χ2v) is 4.25. The van der Waals surface area contributed by atoms with Gasteiger partial charge in [-0.25, -0.2) is 5.53 Å². The van der Waals surface area contributed by atoms with Crippen molar-refractivity contribution in [3.63, 3.8) is 0 Å². The van der Waals surface area contributed by atoms with Crippen molar-refractivity contribution in [2.45, 2.75) is 6.61 Å². The van der Waals surface area contributed by atoms with Crippen LogP contribution < -0.4 is 16.5 Å². The third kappa shape index (κ3) is 2.42. The SMILES string of the molecule is OCc1ccc(-c2ccc(C3=NNNN3)cc2)cc1. The Morgan fingerprint density at radius 3 is 1.95 bits per heavy atom. The van der Waals surface area contributed by atoms with Gasteiger partial charge in [-0.05, 0) is 16.7 Å². The molecule has 1 heterocycles. The molecule has 0 saturated heterocycles. The Hall–Kier alpha value is -2.37. The smallest absolute Gasteiger partial charge is 0.170 e. The van der Waals surface area contributed by atoms with Gasteiger partial charge in [0, 0.05) is 5.56 Å². The van der Waals surface area contributed by atoms with Crippen molar-refractivity contribution in [1.29, 1.82) is 0 Å².